The molecule has 1 aromatic carbocycles. The number of ether oxygens (including phenoxy) is 2. The van der Waals surface area contributed by atoms with Gasteiger partial charge in [-0.25, -0.2) is 0 Å². The van der Waals surface area contributed by atoms with Crippen molar-refractivity contribution in [2.24, 2.45) is 5.92 Å². The molecule has 1 atom stereocenters. The Balaban J connectivity index is 1.11. The molecular formula is C19H25N5O2. The molecule has 1 unspecified atom stereocenters. The van der Waals surface area contributed by atoms with E-state index >= 15 is 0 Å². The minimum absolute atomic E-state index is 0.335. The predicted octanol–water partition coefficient (Wildman–Crippen LogP) is 1.75. The Kier molecular flexibility index (Phi) is 3.96. The van der Waals surface area contributed by atoms with Gasteiger partial charge in [-0.3, -0.25) is 0 Å². The van der Waals surface area contributed by atoms with E-state index in [1.807, 2.05) is 13.0 Å². The van der Waals surface area contributed by atoms with Crippen LogP contribution < -0.4 is 19.7 Å². The summed E-state index contributed by atoms with van der Waals surface area (Å²) >= 11 is 0. The molecule has 5 rings (SSSR count). The topological polar surface area (TPSA) is 64.4 Å². The molecule has 26 heavy (non-hydrogen) atoms. The fraction of sp³-hybridized carbons (Fsp3) is 0.579. The predicted molar refractivity (Wildman–Crippen MR) is 97.8 cm³/mol. The standard InChI is InChI=1S/C19H25N5O2/c1-13-21-22-19-8-14(11-24(13)19)10-20-15-4-6-23(7-5-15)16-2-3-17-18(9-16)26-12-25-17/h2-3,9,14-15,20H,4-8,10-12H2,1H3. The molecule has 7 heteroatoms. The summed E-state index contributed by atoms with van der Waals surface area (Å²) in [5.74, 6) is 4.55. The summed E-state index contributed by atoms with van der Waals surface area (Å²) < 4.78 is 13.2. The second-order valence-corrected chi connectivity index (χ2v) is 7.55. The maximum atomic E-state index is 5.50. The maximum Gasteiger partial charge on any atom is 0.231 e. The van der Waals surface area contributed by atoms with Crippen molar-refractivity contribution >= 4 is 5.69 Å². The molecule has 3 aliphatic heterocycles. The van der Waals surface area contributed by atoms with Crippen molar-refractivity contribution in [3.63, 3.8) is 0 Å². The van der Waals surface area contributed by atoms with Gasteiger partial charge in [-0.05, 0) is 37.8 Å². The number of nitrogens with one attached hydrogen (secondary N) is 1. The van der Waals surface area contributed by atoms with E-state index in [0.29, 0.717) is 18.8 Å². The van der Waals surface area contributed by atoms with Gasteiger partial charge in [0, 0.05) is 50.4 Å². The molecule has 0 spiro atoms. The van der Waals surface area contributed by atoms with Gasteiger partial charge in [0.2, 0.25) is 6.79 Å². The van der Waals surface area contributed by atoms with Crippen LogP contribution in [0.5, 0.6) is 11.5 Å². The zero-order valence-electron chi connectivity index (χ0n) is 15.1. The van der Waals surface area contributed by atoms with E-state index in [1.54, 1.807) is 0 Å². The van der Waals surface area contributed by atoms with Crippen LogP contribution in [-0.4, -0.2) is 47.2 Å². The quantitative estimate of drug-likeness (QED) is 0.901. The Morgan fingerprint density at radius 3 is 2.85 bits per heavy atom. The van der Waals surface area contributed by atoms with Gasteiger partial charge in [-0.1, -0.05) is 0 Å². The van der Waals surface area contributed by atoms with E-state index in [0.717, 1.165) is 55.7 Å². The van der Waals surface area contributed by atoms with E-state index in [2.05, 4.69) is 37.1 Å². The summed E-state index contributed by atoms with van der Waals surface area (Å²) in [6.45, 7) is 6.65. The van der Waals surface area contributed by atoms with Crippen LogP contribution in [0.25, 0.3) is 0 Å². The molecule has 0 saturated carbocycles. The molecule has 1 N–H and O–H groups in total. The minimum Gasteiger partial charge on any atom is -0.454 e. The number of benzene rings is 1. The van der Waals surface area contributed by atoms with E-state index in [-0.39, 0.29) is 0 Å². The molecule has 7 nitrogen and oxygen atoms in total. The van der Waals surface area contributed by atoms with Crippen LogP contribution in [-0.2, 0) is 13.0 Å². The zero-order chi connectivity index (χ0) is 17.5. The Morgan fingerprint density at radius 2 is 2.00 bits per heavy atom. The Bertz CT molecular complexity index is 797. The number of rotatable bonds is 4. The van der Waals surface area contributed by atoms with Crippen molar-refractivity contribution in [3.05, 3.63) is 29.8 Å². The SMILES string of the molecule is Cc1nnc2n1CC(CNC1CCN(c3ccc4c(c3)OCO4)CC1)C2. The normalized spacial score (nSPS) is 22.0. The lowest BCUT2D eigenvalue weighted by Crippen LogP contribution is -2.44. The molecule has 0 amide bonds. The minimum atomic E-state index is 0.335. The molecule has 138 valence electrons. The van der Waals surface area contributed by atoms with Crippen molar-refractivity contribution in [2.45, 2.75) is 38.8 Å². The van der Waals surface area contributed by atoms with Crippen LogP contribution in [0.15, 0.2) is 18.2 Å². The van der Waals surface area contributed by atoms with Gasteiger partial charge in [0.05, 0.1) is 0 Å². The van der Waals surface area contributed by atoms with Crippen molar-refractivity contribution in [1.29, 1.82) is 0 Å². The largest absolute Gasteiger partial charge is 0.454 e. The summed E-state index contributed by atoms with van der Waals surface area (Å²) in [6, 6.07) is 6.86. The zero-order valence-corrected chi connectivity index (χ0v) is 15.1. The lowest BCUT2D eigenvalue weighted by molar-refractivity contribution is 0.174. The van der Waals surface area contributed by atoms with E-state index in [9.17, 15) is 0 Å². The van der Waals surface area contributed by atoms with Gasteiger partial charge < -0.3 is 24.3 Å². The highest BCUT2D eigenvalue weighted by molar-refractivity contribution is 5.57. The fourth-order valence-electron chi connectivity index (χ4n) is 4.29. The van der Waals surface area contributed by atoms with Crippen molar-refractivity contribution in [1.82, 2.24) is 20.1 Å². The smallest absolute Gasteiger partial charge is 0.231 e. The maximum absolute atomic E-state index is 5.50. The summed E-state index contributed by atoms with van der Waals surface area (Å²) in [5, 5.41) is 12.2. The highest BCUT2D eigenvalue weighted by Gasteiger charge is 2.26. The summed E-state index contributed by atoms with van der Waals surface area (Å²) in [4.78, 5) is 2.44. The van der Waals surface area contributed by atoms with E-state index < -0.39 is 0 Å². The third kappa shape index (κ3) is 2.90. The monoisotopic (exact) mass is 355 g/mol. The first-order chi connectivity index (χ1) is 12.8. The molecular weight excluding hydrogens is 330 g/mol. The van der Waals surface area contributed by atoms with Crippen molar-refractivity contribution in [3.8, 4) is 11.5 Å². The molecule has 1 fully saturated rings. The molecule has 0 bridgehead atoms. The Labute approximate surface area is 153 Å². The number of anilines is 1. The number of aryl methyl sites for hydroxylation is 1. The Morgan fingerprint density at radius 1 is 1.15 bits per heavy atom. The van der Waals surface area contributed by atoms with Crippen LogP contribution in [0.2, 0.25) is 0 Å². The molecule has 0 aliphatic carbocycles. The van der Waals surface area contributed by atoms with Gasteiger partial charge in [-0.15, -0.1) is 10.2 Å². The number of hydrogen-bond donors (Lipinski definition) is 1. The Hall–Kier alpha value is -2.28. The second kappa shape index (κ2) is 6.46. The van der Waals surface area contributed by atoms with Gasteiger partial charge in [0.25, 0.3) is 0 Å². The number of hydrogen-bond acceptors (Lipinski definition) is 6. The average molecular weight is 355 g/mol. The molecule has 2 aromatic rings. The lowest BCUT2D eigenvalue weighted by Gasteiger charge is -2.34. The highest BCUT2D eigenvalue weighted by Crippen LogP contribution is 2.36. The third-order valence-electron chi connectivity index (χ3n) is 5.84. The summed E-state index contributed by atoms with van der Waals surface area (Å²) in [7, 11) is 0. The summed E-state index contributed by atoms with van der Waals surface area (Å²) in [6.07, 6.45) is 3.39. The average Bonchev–Trinajstić information content (AvgIpc) is 3.37. The van der Waals surface area contributed by atoms with E-state index in [4.69, 9.17) is 9.47 Å². The molecule has 4 heterocycles. The second-order valence-electron chi connectivity index (χ2n) is 7.55. The first-order valence-electron chi connectivity index (χ1n) is 9.53. The van der Waals surface area contributed by atoms with Gasteiger partial charge in [0.1, 0.15) is 11.6 Å². The molecule has 0 radical (unpaired) electrons. The van der Waals surface area contributed by atoms with Crippen LogP contribution in [0.1, 0.15) is 24.5 Å². The van der Waals surface area contributed by atoms with Crippen LogP contribution in [0.3, 0.4) is 0 Å². The lowest BCUT2D eigenvalue weighted by atomic mass is 10.0. The van der Waals surface area contributed by atoms with Crippen LogP contribution >= 0.6 is 0 Å². The van der Waals surface area contributed by atoms with Crippen LogP contribution in [0, 0.1) is 12.8 Å². The van der Waals surface area contributed by atoms with Crippen molar-refractivity contribution < 1.29 is 9.47 Å². The molecule has 3 aliphatic rings. The summed E-state index contributed by atoms with van der Waals surface area (Å²) in [5.41, 5.74) is 1.23. The fourth-order valence-corrected chi connectivity index (χ4v) is 4.29. The van der Waals surface area contributed by atoms with Gasteiger partial charge in [-0.2, -0.15) is 0 Å². The van der Waals surface area contributed by atoms with Crippen LogP contribution in [0.4, 0.5) is 5.69 Å². The number of fused-ring (bicyclic) bond motifs is 2. The van der Waals surface area contributed by atoms with Crippen molar-refractivity contribution in [2.75, 3.05) is 31.3 Å². The number of aromatic nitrogens is 3. The first-order valence-corrected chi connectivity index (χ1v) is 9.53. The first kappa shape index (κ1) is 15.9. The number of piperidine rings is 1. The highest BCUT2D eigenvalue weighted by atomic mass is 16.7. The molecule has 1 aromatic heterocycles. The molecule has 1 saturated heterocycles. The van der Waals surface area contributed by atoms with E-state index in [1.165, 1.54) is 18.5 Å². The number of nitrogens with zero attached hydrogens (tertiary/aromatic N) is 4. The van der Waals surface area contributed by atoms with Gasteiger partial charge >= 0.3 is 0 Å². The third-order valence-corrected chi connectivity index (χ3v) is 5.84. The van der Waals surface area contributed by atoms with Gasteiger partial charge in [0.15, 0.2) is 11.5 Å².